The van der Waals surface area contributed by atoms with Crippen LogP contribution in [-0.4, -0.2) is 69.5 Å². The lowest BCUT2D eigenvalue weighted by Gasteiger charge is -2.49. The van der Waals surface area contributed by atoms with Crippen LogP contribution in [0, 0.1) is 17.6 Å². The van der Waals surface area contributed by atoms with E-state index in [4.69, 9.17) is 22.1 Å². The Labute approximate surface area is 246 Å². The maximum absolute atomic E-state index is 15.2. The molecular formula is C29H39ClF2N4O4S. The van der Waals surface area contributed by atoms with E-state index in [0.717, 1.165) is 43.4 Å². The molecule has 1 amide bonds. The van der Waals surface area contributed by atoms with E-state index >= 15 is 4.39 Å². The molecule has 1 unspecified atom stereocenters. The minimum atomic E-state index is -2.92. The number of halogens is 3. The first-order chi connectivity index (χ1) is 19.6. The molecule has 3 heterocycles. The van der Waals surface area contributed by atoms with E-state index in [0.29, 0.717) is 43.5 Å². The minimum absolute atomic E-state index is 0.0360. The Kier molecular flexibility index (Phi) is 9.87. The van der Waals surface area contributed by atoms with Gasteiger partial charge in [0.2, 0.25) is 5.91 Å². The molecular weight excluding hydrogens is 574 g/mol. The zero-order valence-corrected chi connectivity index (χ0v) is 24.5. The molecule has 0 radical (unpaired) electrons. The first-order valence-corrected chi connectivity index (χ1v) is 16.3. The molecule has 12 heteroatoms. The normalized spacial score (nSPS) is 26.9. The van der Waals surface area contributed by atoms with Crippen LogP contribution in [0.2, 0.25) is 5.02 Å². The van der Waals surface area contributed by atoms with Crippen molar-refractivity contribution in [1.29, 1.82) is 0 Å². The zero-order chi connectivity index (χ0) is 29.1. The molecule has 2 aromatic rings. The van der Waals surface area contributed by atoms with Crippen molar-refractivity contribution < 1.29 is 27.4 Å². The molecule has 5 atom stereocenters. The number of nitrogens with two attached hydrogens (primary N) is 1. The number of ether oxygens (including phenoxy) is 1. The average molecular weight is 613 g/mol. The van der Waals surface area contributed by atoms with Crippen LogP contribution >= 0.6 is 22.4 Å². The summed E-state index contributed by atoms with van der Waals surface area (Å²) in [6.07, 6.45) is 3.62. The maximum Gasteiger partial charge on any atom is 0.241 e. The third-order valence-electron chi connectivity index (χ3n) is 8.66. The maximum atomic E-state index is 15.2. The lowest BCUT2D eigenvalue weighted by atomic mass is 9.76. The largest absolute Gasteiger partial charge is 0.381 e. The van der Waals surface area contributed by atoms with Crippen molar-refractivity contribution in [3.8, 4) is 0 Å². The number of benzene rings is 2. The molecule has 0 aromatic heterocycles. The summed E-state index contributed by atoms with van der Waals surface area (Å²) >= 11 is 6.10. The molecule has 3 aliphatic heterocycles. The fourth-order valence-electron chi connectivity index (χ4n) is 6.47. The predicted octanol–water partition coefficient (Wildman–Crippen LogP) is 5.13. The van der Waals surface area contributed by atoms with Crippen LogP contribution in [0.3, 0.4) is 0 Å². The molecule has 8 nitrogen and oxygen atoms in total. The van der Waals surface area contributed by atoms with Gasteiger partial charge in [-0.25, -0.2) is 13.1 Å². The minimum Gasteiger partial charge on any atom is -0.381 e. The number of hydrogen-bond acceptors (Lipinski definition) is 7. The number of anilines is 1. The van der Waals surface area contributed by atoms with Crippen molar-refractivity contribution in [3.63, 3.8) is 0 Å². The van der Waals surface area contributed by atoms with Gasteiger partial charge >= 0.3 is 0 Å². The van der Waals surface area contributed by atoms with E-state index in [1.165, 1.54) is 0 Å². The second kappa shape index (κ2) is 13.2. The van der Waals surface area contributed by atoms with Gasteiger partial charge in [0.15, 0.2) is 0 Å². The van der Waals surface area contributed by atoms with Crippen LogP contribution in [-0.2, 0) is 16.0 Å². The third-order valence-corrected chi connectivity index (χ3v) is 10.9. The van der Waals surface area contributed by atoms with Gasteiger partial charge in [0, 0.05) is 66.6 Å². The molecule has 3 fully saturated rings. The van der Waals surface area contributed by atoms with Gasteiger partial charge in [-0.15, -0.1) is 10.8 Å². The number of fused-ring (bicyclic) bond motifs is 2. The monoisotopic (exact) mass is 612 g/mol. The molecule has 0 spiro atoms. The summed E-state index contributed by atoms with van der Waals surface area (Å²) in [5.41, 5.74) is 7.65. The highest BCUT2D eigenvalue weighted by atomic mass is 35.5. The van der Waals surface area contributed by atoms with Crippen molar-refractivity contribution in [1.82, 2.24) is 9.62 Å². The number of amides is 1. The van der Waals surface area contributed by atoms with Crippen LogP contribution in [0.15, 0.2) is 36.4 Å². The van der Waals surface area contributed by atoms with Gasteiger partial charge in [-0.05, 0) is 68.2 Å². The summed E-state index contributed by atoms with van der Waals surface area (Å²) in [5.74, 6) is -2.05. The molecule has 3 saturated heterocycles. The topological polar surface area (TPSA) is 120 Å². The Hall–Kier alpha value is -1.83. The van der Waals surface area contributed by atoms with Crippen molar-refractivity contribution in [2.45, 2.75) is 62.6 Å². The van der Waals surface area contributed by atoms with Crippen LogP contribution in [0.1, 0.15) is 49.1 Å². The highest BCUT2D eigenvalue weighted by Crippen LogP contribution is 2.49. The highest BCUT2D eigenvalue weighted by Gasteiger charge is 2.38. The molecule has 41 heavy (non-hydrogen) atoms. The SMILES string of the molecule is N[C@H](C(=O)Nc1cc(F)cc(F)c1CC[C@H]1CN[C@@H]2CCCS(O)(O)N1C2)[C@@H](c1ccc(Cl)cc1)C1CCOCC1. The fraction of sp³-hybridized carbons (Fsp3) is 0.552. The summed E-state index contributed by atoms with van der Waals surface area (Å²) in [6, 6.07) is 8.11. The lowest BCUT2D eigenvalue weighted by Crippen LogP contribution is -2.55. The predicted molar refractivity (Wildman–Crippen MR) is 158 cm³/mol. The summed E-state index contributed by atoms with van der Waals surface area (Å²) < 4.78 is 58.3. The molecule has 2 bridgehead atoms. The van der Waals surface area contributed by atoms with Gasteiger partial charge in [0.05, 0.1) is 11.8 Å². The Morgan fingerprint density at radius 3 is 2.66 bits per heavy atom. The smallest absolute Gasteiger partial charge is 0.241 e. The average Bonchev–Trinajstić information content (AvgIpc) is 3.06. The second-order valence-corrected chi connectivity index (χ2v) is 13.9. The summed E-state index contributed by atoms with van der Waals surface area (Å²) in [5, 5.41) is 6.75. The van der Waals surface area contributed by atoms with Gasteiger partial charge in [0.25, 0.3) is 0 Å². The third kappa shape index (κ3) is 7.22. The van der Waals surface area contributed by atoms with Gasteiger partial charge in [-0.2, -0.15) is 0 Å². The Morgan fingerprint density at radius 2 is 1.93 bits per heavy atom. The van der Waals surface area contributed by atoms with E-state index in [1.807, 2.05) is 12.1 Å². The number of carbonyl (C=O) groups is 1. The van der Waals surface area contributed by atoms with Crippen molar-refractivity contribution in [2.75, 3.05) is 37.4 Å². The van der Waals surface area contributed by atoms with Crippen LogP contribution in [0.4, 0.5) is 14.5 Å². The summed E-state index contributed by atoms with van der Waals surface area (Å²) in [7, 11) is -2.92. The number of hydrogen-bond donors (Lipinski definition) is 5. The van der Waals surface area contributed by atoms with E-state index in [9.17, 15) is 18.3 Å². The zero-order valence-electron chi connectivity index (χ0n) is 22.9. The fourth-order valence-corrected chi connectivity index (χ4v) is 8.46. The van der Waals surface area contributed by atoms with Crippen molar-refractivity contribution in [3.05, 3.63) is 64.2 Å². The van der Waals surface area contributed by atoms with Crippen molar-refractivity contribution in [2.24, 2.45) is 11.7 Å². The summed E-state index contributed by atoms with van der Waals surface area (Å²) in [6.45, 7) is 2.18. The lowest BCUT2D eigenvalue weighted by molar-refractivity contribution is -0.118. The molecule has 6 N–H and O–H groups in total. The van der Waals surface area contributed by atoms with Gasteiger partial charge in [0.1, 0.15) is 11.6 Å². The first kappa shape index (κ1) is 30.6. The number of rotatable bonds is 8. The first-order valence-electron chi connectivity index (χ1n) is 14.3. The molecule has 5 rings (SSSR count). The van der Waals surface area contributed by atoms with Gasteiger partial charge in [-0.1, -0.05) is 23.7 Å². The van der Waals surface area contributed by atoms with Crippen LogP contribution in [0.5, 0.6) is 0 Å². The van der Waals surface area contributed by atoms with Gasteiger partial charge < -0.3 is 21.1 Å². The van der Waals surface area contributed by atoms with Crippen LogP contribution < -0.4 is 16.4 Å². The molecule has 226 valence electrons. The molecule has 0 aliphatic carbocycles. The quantitative estimate of drug-likeness (QED) is 0.280. The second-order valence-electron chi connectivity index (χ2n) is 11.3. The van der Waals surface area contributed by atoms with Crippen LogP contribution in [0.25, 0.3) is 0 Å². The number of piperazine rings is 1. The Morgan fingerprint density at radius 1 is 1.20 bits per heavy atom. The van der Waals surface area contributed by atoms with Gasteiger partial charge in [-0.3, -0.25) is 13.9 Å². The number of nitrogens with one attached hydrogen (secondary N) is 2. The van der Waals surface area contributed by atoms with E-state index in [-0.39, 0.29) is 41.6 Å². The molecule has 0 saturated carbocycles. The molecule has 3 aliphatic rings. The summed E-state index contributed by atoms with van der Waals surface area (Å²) in [4.78, 5) is 13.6. The number of carbonyl (C=O) groups excluding carboxylic acids is 1. The highest BCUT2D eigenvalue weighted by molar-refractivity contribution is 8.22. The Balaban J connectivity index is 1.34. The van der Waals surface area contributed by atoms with Crippen molar-refractivity contribution >= 4 is 34.0 Å². The van der Waals surface area contributed by atoms with E-state index < -0.39 is 34.4 Å². The van der Waals surface area contributed by atoms with E-state index in [2.05, 4.69) is 10.6 Å². The van der Waals surface area contributed by atoms with E-state index in [1.54, 1.807) is 16.4 Å². The number of nitrogens with zero attached hydrogens (tertiary/aromatic N) is 1. The molecule has 2 aromatic carbocycles. The standard InChI is InChI=1S/C29H39ClF2N4O4S/c30-20-5-3-18(4-6-20)27(19-9-11-40-12-10-19)28(33)29(37)35-26-15-21(31)14-25(32)24(26)8-7-23-16-34-22-2-1-13-41(38,39)36(23)17-22/h3-6,14-15,19,22-23,27-28,34,38-39H,1-2,7-13,16-17,33H2,(H,35,37)/t22-,23+,27+,28+/m1/s1. The Bertz CT molecular complexity index is 1220.